The van der Waals surface area contributed by atoms with Crippen LogP contribution in [0.5, 0.6) is 0 Å². The summed E-state index contributed by atoms with van der Waals surface area (Å²) >= 11 is 0. The topological polar surface area (TPSA) is 200 Å². The van der Waals surface area contributed by atoms with Crippen LogP contribution in [0.15, 0.2) is 30.3 Å². The number of amides is 5. The summed E-state index contributed by atoms with van der Waals surface area (Å²) in [5, 5.41) is 19.8. The Balaban J connectivity index is 1.46. The van der Waals surface area contributed by atoms with Gasteiger partial charge < -0.3 is 36.0 Å². The number of aliphatic carboxylic acids is 1. The number of nitrogens with zero attached hydrogens (tertiary/aromatic N) is 1. The van der Waals surface area contributed by atoms with Gasteiger partial charge in [0.1, 0.15) is 12.1 Å². The van der Waals surface area contributed by atoms with Crippen molar-refractivity contribution in [3.05, 3.63) is 35.9 Å². The van der Waals surface area contributed by atoms with Crippen LogP contribution in [0.1, 0.15) is 109 Å². The van der Waals surface area contributed by atoms with Crippen molar-refractivity contribution in [1.82, 2.24) is 26.2 Å². The first-order valence-corrected chi connectivity index (χ1v) is 18.9. The summed E-state index contributed by atoms with van der Waals surface area (Å²) in [6, 6.07) is 3.54. The Morgan fingerprint density at radius 2 is 1.56 bits per heavy atom. The molecule has 52 heavy (non-hydrogen) atoms. The van der Waals surface area contributed by atoms with Crippen molar-refractivity contribution in [1.29, 1.82) is 0 Å². The molecule has 4 rings (SSSR count). The minimum absolute atomic E-state index is 0.0843. The molecule has 5 amide bonds. The summed E-state index contributed by atoms with van der Waals surface area (Å²) in [4.78, 5) is 93.9. The molecule has 4 unspecified atom stereocenters. The molecular formula is C38H55N5O9. The molecule has 1 aromatic rings. The molecule has 14 heteroatoms. The number of likely N-dealkylation sites (tertiary alicyclic amines) is 1. The highest BCUT2D eigenvalue weighted by Gasteiger charge is 2.50. The number of carbonyl (C=O) groups excluding carboxylic acids is 6. The maximum Gasteiger partial charge on any atom is 0.407 e. The maximum absolute atomic E-state index is 14.6. The molecule has 0 spiro atoms. The van der Waals surface area contributed by atoms with E-state index >= 15 is 0 Å². The van der Waals surface area contributed by atoms with Crippen LogP contribution in [0.4, 0.5) is 4.79 Å². The Labute approximate surface area is 305 Å². The predicted octanol–water partition coefficient (Wildman–Crippen LogP) is 3.39. The SMILES string of the molecule is CCCC(NC(=O)[C@@H]1CC2CCCCC2N1C(=O)[C@@H](NC(=O)OCC(C)C)C1CCCCC1)C(=O)C(=O)NCC(=O)NC(C(=O)O)c1ccccc1. The van der Waals surface area contributed by atoms with E-state index in [0.717, 1.165) is 57.8 Å². The van der Waals surface area contributed by atoms with Crippen molar-refractivity contribution in [3.8, 4) is 0 Å². The molecule has 3 aliphatic rings. The van der Waals surface area contributed by atoms with E-state index in [1.807, 2.05) is 13.8 Å². The number of nitrogens with one attached hydrogen (secondary N) is 4. The van der Waals surface area contributed by atoms with Crippen LogP contribution >= 0.6 is 0 Å². The minimum atomic E-state index is -1.35. The largest absolute Gasteiger partial charge is 0.479 e. The number of hydrogen-bond acceptors (Lipinski definition) is 8. The van der Waals surface area contributed by atoms with Crippen molar-refractivity contribution < 1.29 is 43.4 Å². The first-order valence-electron chi connectivity index (χ1n) is 18.9. The highest BCUT2D eigenvalue weighted by molar-refractivity contribution is 6.38. The molecule has 3 fully saturated rings. The summed E-state index contributed by atoms with van der Waals surface area (Å²) in [7, 11) is 0. The Hall–Kier alpha value is -4.49. The number of benzene rings is 1. The molecule has 5 N–H and O–H groups in total. The standard InChI is InChI=1S/C38H55N5O9/c1-4-13-27(33(45)35(47)39-21-30(44)41-32(37(49)50)25-16-9-6-10-17-25)40-34(46)29-20-26-18-11-12-19-28(26)43(29)36(48)31(24-14-7-5-8-15-24)42-38(51)52-22-23(2)3/h6,9-10,16-17,23-24,26-29,31-32H,4-5,7-8,11-15,18-22H2,1-3H3,(H,39,47)(H,40,46)(H,41,44)(H,42,51)(H,49,50)/t26?,27?,28?,29-,31-,32?/m0/s1. The molecule has 0 radical (unpaired) electrons. The normalized spacial score (nSPS) is 21.9. The zero-order chi connectivity index (χ0) is 37.8. The minimum Gasteiger partial charge on any atom is -0.479 e. The van der Waals surface area contributed by atoms with Gasteiger partial charge in [-0.15, -0.1) is 0 Å². The first kappa shape index (κ1) is 40.3. The highest BCUT2D eigenvalue weighted by Crippen LogP contribution is 2.41. The van der Waals surface area contributed by atoms with Gasteiger partial charge in [0, 0.05) is 6.04 Å². The van der Waals surface area contributed by atoms with Crippen LogP contribution in [0.2, 0.25) is 0 Å². The lowest BCUT2D eigenvalue weighted by atomic mass is 9.82. The van der Waals surface area contributed by atoms with Crippen LogP contribution in [0.25, 0.3) is 0 Å². The van der Waals surface area contributed by atoms with Crippen molar-refractivity contribution in [3.63, 3.8) is 0 Å². The van der Waals surface area contributed by atoms with E-state index in [-0.39, 0.29) is 42.7 Å². The molecule has 2 saturated carbocycles. The Morgan fingerprint density at radius 1 is 0.885 bits per heavy atom. The third-order valence-corrected chi connectivity index (χ3v) is 10.4. The smallest absolute Gasteiger partial charge is 0.407 e. The maximum atomic E-state index is 14.6. The van der Waals surface area contributed by atoms with Crippen LogP contribution in [-0.4, -0.2) is 88.8 Å². The Kier molecular flexibility index (Phi) is 15.0. The molecule has 0 aromatic heterocycles. The van der Waals surface area contributed by atoms with Gasteiger partial charge in [-0.3, -0.25) is 24.0 Å². The van der Waals surface area contributed by atoms with Gasteiger partial charge in [0.2, 0.25) is 23.5 Å². The van der Waals surface area contributed by atoms with Crippen molar-refractivity contribution >= 4 is 41.5 Å². The van der Waals surface area contributed by atoms with Gasteiger partial charge in [-0.2, -0.15) is 0 Å². The average Bonchev–Trinajstić information content (AvgIpc) is 3.54. The number of Topliss-reactive ketones (excluding diaryl/α,β-unsaturated/α-hetero) is 1. The molecule has 1 aliphatic heterocycles. The number of fused-ring (bicyclic) bond motifs is 1. The molecule has 2 aliphatic carbocycles. The van der Waals surface area contributed by atoms with Gasteiger partial charge in [0.05, 0.1) is 19.2 Å². The van der Waals surface area contributed by atoms with E-state index in [1.54, 1.807) is 42.2 Å². The lowest BCUT2D eigenvalue weighted by molar-refractivity contribution is -0.145. The number of ketones is 1. The fourth-order valence-electron chi connectivity index (χ4n) is 7.81. The van der Waals surface area contributed by atoms with Crippen molar-refractivity contribution in [2.75, 3.05) is 13.2 Å². The average molecular weight is 726 g/mol. The van der Waals surface area contributed by atoms with E-state index in [2.05, 4.69) is 21.3 Å². The third kappa shape index (κ3) is 10.8. The first-order chi connectivity index (χ1) is 24.9. The lowest BCUT2D eigenvalue weighted by Gasteiger charge is -2.39. The lowest BCUT2D eigenvalue weighted by Crippen LogP contribution is -2.60. The second kappa shape index (κ2) is 19.4. The second-order valence-corrected chi connectivity index (χ2v) is 14.8. The quantitative estimate of drug-likeness (QED) is 0.159. The van der Waals surface area contributed by atoms with E-state index in [4.69, 9.17) is 4.74 Å². The summed E-state index contributed by atoms with van der Waals surface area (Å²) in [5.74, 6) is -4.93. The van der Waals surface area contributed by atoms with E-state index in [9.17, 15) is 38.7 Å². The van der Waals surface area contributed by atoms with Gasteiger partial charge in [-0.25, -0.2) is 9.59 Å². The number of carbonyl (C=O) groups is 7. The third-order valence-electron chi connectivity index (χ3n) is 10.4. The van der Waals surface area contributed by atoms with Gasteiger partial charge in [-0.05, 0) is 61.8 Å². The molecule has 1 saturated heterocycles. The van der Waals surface area contributed by atoms with Crippen LogP contribution in [0, 0.1) is 17.8 Å². The number of carboxylic acid groups (broad SMARTS) is 1. The fourth-order valence-corrected chi connectivity index (χ4v) is 7.81. The second-order valence-electron chi connectivity index (χ2n) is 14.8. The molecule has 0 bridgehead atoms. The summed E-state index contributed by atoms with van der Waals surface area (Å²) < 4.78 is 5.40. The van der Waals surface area contributed by atoms with E-state index < -0.39 is 66.3 Å². The summed E-state index contributed by atoms with van der Waals surface area (Å²) in [6.07, 6.45) is 8.25. The molecular weight excluding hydrogens is 670 g/mol. The molecule has 14 nitrogen and oxygen atoms in total. The molecule has 1 heterocycles. The van der Waals surface area contributed by atoms with Gasteiger partial charge in [0.15, 0.2) is 6.04 Å². The number of carboxylic acids is 1. The molecule has 286 valence electrons. The number of alkyl carbamates (subject to hydrolysis) is 1. The fraction of sp³-hybridized carbons (Fsp3) is 0.658. The van der Waals surface area contributed by atoms with Crippen LogP contribution in [-0.2, 0) is 33.5 Å². The van der Waals surface area contributed by atoms with Crippen LogP contribution < -0.4 is 21.3 Å². The number of hydrogen-bond donors (Lipinski definition) is 5. The Bertz CT molecular complexity index is 1430. The van der Waals surface area contributed by atoms with Crippen LogP contribution in [0.3, 0.4) is 0 Å². The van der Waals surface area contributed by atoms with Gasteiger partial charge >= 0.3 is 12.1 Å². The highest BCUT2D eigenvalue weighted by atomic mass is 16.5. The zero-order valence-electron chi connectivity index (χ0n) is 30.6. The predicted molar refractivity (Wildman–Crippen MR) is 190 cm³/mol. The van der Waals surface area contributed by atoms with Gasteiger partial charge in [0.25, 0.3) is 5.91 Å². The van der Waals surface area contributed by atoms with E-state index in [1.165, 1.54) is 0 Å². The van der Waals surface area contributed by atoms with Gasteiger partial charge in [-0.1, -0.05) is 89.6 Å². The van der Waals surface area contributed by atoms with Crippen molar-refractivity contribution in [2.45, 2.75) is 128 Å². The van der Waals surface area contributed by atoms with Crippen molar-refractivity contribution in [2.24, 2.45) is 17.8 Å². The number of rotatable bonds is 16. The summed E-state index contributed by atoms with van der Waals surface area (Å²) in [6.45, 7) is 5.20. The number of ether oxygens (including phenoxy) is 1. The monoisotopic (exact) mass is 725 g/mol. The molecule has 1 aromatic carbocycles. The zero-order valence-corrected chi connectivity index (χ0v) is 30.6. The van der Waals surface area contributed by atoms with E-state index in [0.29, 0.717) is 18.4 Å². The molecule has 6 atom stereocenters. The summed E-state index contributed by atoms with van der Waals surface area (Å²) in [5.41, 5.74) is 0.336. The Morgan fingerprint density at radius 3 is 2.21 bits per heavy atom.